The molecule has 0 radical (unpaired) electrons. The smallest absolute Gasteiger partial charge is 0.0453 e. The Balaban J connectivity index is -0.0000000133. The molecule has 0 aromatic rings. The molecule has 7 N–H and O–H groups in total. The predicted octanol–water partition coefficient (Wildman–Crippen LogP) is -1.84. The number of aliphatic hydroxyl groups is 1. The maximum atomic E-state index is 8.14. The van der Waals surface area contributed by atoms with E-state index >= 15 is 0 Å². The molecule has 0 aromatic carbocycles. The van der Waals surface area contributed by atoms with Gasteiger partial charge in [0.2, 0.25) is 0 Å². The summed E-state index contributed by atoms with van der Waals surface area (Å²) in [6.07, 6.45) is 0. The summed E-state index contributed by atoms with van der Waals surface area (Å²) in [4.78, 5) is 0. The molecule has 4 nitrogen and oxygen atoms in total. The number of aliphatic hydroxyl groups excluding tert-OH is 1. The number of rotatable bonds is 1. The molecule has 0 aliphatic carbocycles. The second kappa shape index (κ2) is 23.5. The average Bonchev–Trinajstić information content (AvgIpc) is 1.38. The fourth-order valence-corrected chi connectivity index (χ4v) is 0. The monoisotopic (exact) mass is 176 g/mol. The van der Waals surface area contributed by atoms with Crippen molar-refractivity contribution < 1.29 is 43.3 Å². The van der Waals surface area contributed by atoms with Gasteiger partial charge in [-0.15, -0.1) is 0 Å². The van der Waals surface area contributed by atoms with Crippen LogP contribution in [0.5, 0.6) is 0 Å². The maximum Gasteiger partial charge on any atom is 0.0453 e. The van der Waals surface area contributed by atoms with Crippen LogP contribution in [0, 0.1) is 5.92 Å². The van der Waals surface area contributed by atoms with Gasteiger partial charge in [-0.25, -0.2) is 0 Å². The summed E-state index contributed by atoms with van der Waals surface area (Å²) >= 11 is 0. The Kier molecular flexibility index (Phi) is 88.1. The molecule has 0 aromatic heterocycles. The zero-order valence-electron chi connectivity index (χ0n) is 5.73. The first-order chi connectivity index (χ1) is 2.27. The molecule has 0 rings (SSSR count). The quantitative estimate of drug-likeness (QED) is 0.464. The predicted molar refractivity (Wildman–Crippen MR) is 32.8 cm³/mol. The van der Waals surface area contributed by atoms with E-state index in [9.17, 15) is 0 Å². The minimum absolute atomic E-state index is 0. The minimum atomic E-state index is 0. The van der Waals surface area contributed by atoms with Crippen molar-refractivity contribution in [3.8, 4) is 0 Å². The molecule has 0 amide bonds. The van der Waals surface area contributed by atoms with Crippen LogP contribution < -0.4 is 0 Å². The summed E-state index contributed by atoms with van der Waals surface area (Å²) in [5.74, 6) is 0.440. The van der Waals surface area contributed by atoms with Gasteiger partial charge in [-0.05, 0) is 5.92 Å². The van der Waals surface area contributed by atoms with Crippen LogP contribution in [-0.4, -0.2) is 28.1 Å². The van der Waals surface area contributed by atoms with Crippen LogP contribution in [0.2, 0.25) is 0 Å². The van der Waals surface area contributed by atoms with Crippen molar-refractivity contribution in [3.05, 3.63) is 0 Å². The largest absolute Gasteiger partial charge is 0.412 e. The Hall–Kier alpha value is 0.554. The van der Waals surface area contributed by atoms with Gasteiger partial charge < -0.3 is 21.5 Å². The minimum Gasteiger partial charge on any atom is -0.412 e. The van der Waals surface area contributed by atoms with E-state index in [-0.39, 0.29) is 38.1 Å². The van der Waals surface area contributed by atoms with E-state index in [1.165, 1.54) is 0 Å². The van der Waals surface area contributed by atoms with E-state index in [0.717, 1.165) is 0 Å². The van der Waals surface area contributed by atoms with Gasteiger partial charge in [0.05, 0.1) is 0 Å². The van der Waals surface area contributed by atoms with Gasteiger partial charge in [0.25, 0.3) is 0 Å². The van der Waals surface area contributed by atoms with Crippen LogP contribution in [0.15, 0.2) is 0 Å². The van der Waals surface area contributed by atoms with Gasteiger partial charge in [0, 0.05) is 28.3 Å². The van der Waals surface area contributed by atoms with Gasteiger partial charge in [-0.2, -0.15) is 0 Å². The third-order valence-electron chi connectivity index (χ3n) is 0.365. The molecule has 9 heavy (non-hydrogen) atoms. The molecule has 0 fully saturated rings. The number of hydrogen-bond donors (Lipinski definition) is 1. The molecule has 0 unspecified atom stereocenters. The van der Waals surface area contributed by atoms with Crippen LogP contribution in [0.25, 0.3) is 0 Å². The van der Waals surface area contributed by atoms with Crippen molar-refractivity contribution in [1.29, 1.82) is 0 Å². The molecular weight excluding hydrogens is 160 g/mol. The van der Waals surface area contributed by atoms with E-state index in [1.807, 2.05) is 13.8 Å². The van der Waals surface area contributed by atoms with Crippen molar-refractivity contribution in [2.75, 3.05) is 6.61 Å². The van der Waals surface area contributed by atoms with Gasteiger partial charge in [-0.3, -0.25) is 0 Å². The second-order valence-electron chi connectivity index (χ2n) is 1.58. The second-order valence-corrected chi connectivity index (χ2v) is 1.58. The molecule has 0 aliphatic rings. The molecule has 5 heteroatoms. The fraction of sp³-hybridized carbons (Fsp3) is 1.00. The SMILES string of the molecule is CC(C)CO.O.O.O.[Ti]. The Bertz CT molecular complexity index is 26.5. The maximum absolute atomic E-state index is 8.14. The first-order valence-electron chi connectivity index (χ1n) is 1.88. The van der Waals surface area contributed by atoms with Crippen LogP contribution in [0.4, 0.5) is 0 Å². The van der Waals surface area contributed by atoms with Crippen LogP contribution in [0.1, 0.15) is 13.8 Å². The molecular formula is C4H16O4Ti. The third kappa shape index (κ3) is 56.3. The fourth-order valence-electron chi connectivity index (χ4n) is 0. The van der Waals surface area contributed by atoms with E-state index in [2.05, 4.69) is 0 Å². The zero-order chi connectivity index (χ0) is 4.28. The molecule has 0 atom stereocenters. The van der Waals surface area contributed by atoms with E-state index in [4.69, 9.17) is 5.11 Å². The third-order valence-corrected chi connectivity index (χ3v) is 0.365. The standard InChI is InChI=1S/C4H10O.3H2O.Ti/c1-4(2)3-5;;;;/h4-5H,3H2,1-2H3;3*1H2;. The van der Waals surface area contributed by atoms with Crippen LogP contribution in [0.3, 0.4) is 0 Å². The van der Waals surface area contributed by atoms with Crippen molar-refractivity contribution in [3.63, 3.8) is 0 Å². The van der Waals surface area contributed by atoms with Crippen LogP contribution >= 0.6 is 0 Å². The Morgan fingerprint density at radius 2 is 1.22 bits per heavy atom. The average molecular weight is 176 g/mol. The van der Waals surface area contributed by atoms with Crippen LogP contribution in [-0.2, 0) is 21.7 Å². The van der Waals surface area contributed by atoms with Crippen molar-refractivity contribution in [2.45, 2.75) is 13.8 Å². The van der Waals surface area contributed by atoms with Gasteiger partial charge in [-0.1, -0.05) is 13.8 Å². The molecule has 60 valence electrons. The summed E-state index contributed by atoms with van der Waals surface area (Å²) in [5, 5.41) is 8.14. The van der Waals surface area contributed by atoms with Gasteiger partial charge in [0.1, 0.15) is 0 Å². The Morgan fingerprint density at radius 1 is 1.11 bits per heavy atom. The summed E-state index contributed by atoms with van der Waals surface area (Å²) in [5.41, 5.74) is 0. The molecule has 0 spiro atoms. The first kappa shape index (κ1) is 33.7. The van der Waals surface area contributed by atoms with E-state index < -0.39 is 0 Å². The summed E-state index contributed by atoms with van der Waals surface area (Å²) < 4.78 is 0. The summed E-state index contributed by atoms with van der Waals surface area (Å²) in [7, 11) is 0. The molecule has 0 saturated heterocycles. The van der Waals surface area contributed by atoms with Crippen molar-refractivity contribution in [1.82, 2.24) is 0 Å². The van der Waals surface area contributed by atoms with Gasteiger partial charge in [0.15, 0.2) is 0 Å². The Labute approximate surface area is 70.1 Å². The number of hydrogen-bond acceptors (Lipinski definition) is 1. The molecule has 0 aliphatic heterocycles. The zero-order valence-corrected chi connectivity index (χ0v) is 7.29. The van der Waals surface area contributed by atoms with E-state index in [0.29, 0.717) is 12.5 Å². The first-order valence-corrected chi connectivity index (χ1v) is 1.88. The van der Waals surface area contributed by atoms with Crippen molar-refractivity contribution >= 4 is 0 Å². The topological polar surface area (TPSA) is 115 Å². The van der Waals surface area contributed by atoms with Gasteiger partial charge >= 0.3 is 0 Å². The molecule has 0 bridgehead atoms. The summed E-state index contributed by atoms with van der Waals surface area (Å²) in [6.45, 7) is 4.25. The molecule has 0 saturated carbocycles. The van der Waals surface area contributed by atoms with E-state index in [1.54, 1.807) is 0 Å². The summed E-state index contributed by atoms with van der Waals surface area (Å²) in [6, 6.07) is 0. The van der Waals surface area contributed by atoms with Crippen molar-refractivity contribution in [2.24, 2.45) is 5.92 Å². The Morgan fingerprint density at radius 3 is 1.22 bits per heavy atom. The molecule has 0 heterocycles. The normalized spacial score (nSPS) is 5.33.